The Morgan fingerprint density at radius 1 is 1.40 bits per heavy atom. The summed E-state index contributed by atoms with van der Waals surface area (Å²) in [5.41, 5.74) is 3.93. The van der Waals surface area contributed by atoms with Crippen molar-refractivity contribution in [3.63, 3.8) is 0 Å². The molecule has 1 unspecified atom stereocenters. The van der Waals surface area contributed by atoms with Crippen molar-refractivity contribution in [3.05, 3.63) is 47.0 Å². The first-order valence-corrected chi connectivity index (χ1v) is 5.34. The highest BCUT2D eigenvalue weighted by molar-refractivity contribution is 5.80. The number of hydrogen-bond donors (Lipinski definition) is 0. The number of rotatable bonds is 3. The highest BCUT2D eigenvalue weighted by Crippen LogP contribution is 2.23. The fourth-order valence-corrected chi connectivity index (χ4v) is 1.72. The minimum atomic E-state index is 0.415. The fraction of sp³-hybridized carbons (Fsp3) is 0.357. The first-order chi connectivity index (χ1) is 7.19. The predicted molar refractivity (Wildman–Crippen MR) is 67.8 cm³/mol. The molecule has 0 fully saturated rings. The largest absolute Gasteiger partial charge is 0.296 e. The molecule has 1 heteroatoms. The van der Waals surface area contributed by atoms with Crippen LogP contribution in [-0.2, 0) is 0 Å². The van der Waals surface area contributed by atoms with Gasteiger partial charge in [-0.25, -0.2) is 0 Å². The van der Waals surface area contributed by atoms with Crippen molar-refractivity contribution >= 4 is 6.21 Å². The zero-order valence-electron chi connectivity index (χ0n) is 9.99. The molecule has 1 aromatic carbocycles. The molecule has 1 rings (SSSR count). The summed E-state index contributed by atoms with van der Waals surface area (Å²) in [4.78, 5) is 4.08. The van der Waals surface area contributed by atoms with Crippen LogP contribution in [0.1, 0.15) is 30.9 Å². The Labute approximate surface area is 92.6 Å². The summed E-state index contributed by atoms with van der Waals surface area (Å²) in [7, 11) is 1.81. The minimum Gasteiger partial charge on any atom is -0.296 e. The molecule has 0 radical (unpaired) electrons. The van der Waals surface area contributed by atoms with E-state index >= 15 is 0 Å². The minimum absolute atomic E-state index is 0.415. The average Bonchev–Trinajstić information content (AvgIpc) is 2.25. The van der Waals surface area contributed by atoms with E-state index in [-0.39, 0.29) is 0 Å². The van der Waals surface area contributed by atoms with E-state index in [1.807, 2.05) is 13.3 Å². The zero-order chi connectivity index (χ0) is 11.3. The van der Waals surface area contributed by atoms with Crippen LogP contribution in [0.25, 0.3) is 0 Å². The summed E-state index contributed by atoms with van der Waals surface area (Å²) in [6, 6.07) is 8.64. The van der Waals surface area contributed by atoms with Crippen molar-refractivity contribution in [2.24, 2.45) is 4.99 Å². The third-order valence-corrected chi connectivity index (χ3v) is 2.65. The number of aliphatic imine (C=N–C) groups is 1. The van der Waals surface area contributed by atoms with Crippen LogP contribution >= 0.6 is 0 Å². The van der Waals surface area contributed by atoms with Crippen molar-refractivity contribution < 1.29 is 0 Å². The van der Waals surface area contributed by atoms with Crippen LogP contribution in [0, 0.1) is 6.92 Å². The van der Waals surface area contributed by atoms with E-state index in [2.05, 4.69) is 56.1 Å². The Balaban J connectivity index is 2.98. The lowest BCUT2D eigenvalue weighted by Gasteiger charge is -2.13. The van der Waals surface area contributed by atoms with Crippen LogP contribution in [0.4, 0.5) is 0 Å². The number of nitrogens with zero attached hydrogens (tertiary/aromatic N) is 1. The second-order valence-corrected chi connectivity index (χ2v) is 3.81. The number of hydrogen-bond acceptors (Lipinski definition) is 1. The van der Waals surface area contributed by atoms with Gasteiger partial charge in [-0.3, -0.25) is 4.99 Å². The molecular weight excluding hydrogens is 182 g/mol. The molecule has 0 aliphatic heterocycles. The second kappa shape index (κ2) is 5.50. The van der Waals surface area contributed by atoms with E-state index in [1.54, 1.807) is 0 Å². The van der Waals surface area contributed by atoms with Crippen LogP contribution in [-0.4, -0.2) is 13.3 Å². The summed E-state index contributed by atoms with van der Waals surface area (Å²) in [6.45, 7) is 6.40. The topological polar surface area (TPSA) is 12.4 Å². The Morgan fingerprint density at radius 2 is 2.13 bits per heavy atom. The van der Waals surface area contributed by atoms with Gasteiger partial charge in [0.2, 0.25) is 0 Å². The first-order valence-electron chi connectivity index (χ1n) is 5.34. The third-order valence-electron chi connectivity index (χ3n) is 2.65. The van der Waals surface area contributed by atoms with Gasteiger partial charge in [0.25, 0.3) is 0 Å². The van der Waals surface area contributed by atoms with Gasteiger partial charge in [-0.2, -0.15) is 0 Å². The molecule has 0 heterocycles. The van der Waals surface area contributed by atoms with Gasteiger partial charge in [0.1, 0.15) is 0 Å². The van der Waals surface area contributed by atoms with Crippen LogP contribution in [0.15, 0.2) is 40.9 Å². The summed E-state index contributed by atoms with van der Waals surface area (Å²) in [5.74, 6) is 0.415. The van der Waals surface area contributed by atoms with Gasteiger partial charge in [0.05, 0.1) is 0 Å². The van der Waals surface area contributed by atoms with E-state index in [0.29, 0.717) is 5.92 Å². The van der Waals surface area contributed by atoms with Crippen LogP contribution in [0.2, 0.25) is 0 Å². The van der Waals surface area contributed by atoms with Gasteiger partial charge in [0.15, 0.2) is 0 Å². The molecule has 15 heavy (non-hydrogen) atoms. The molecule has 0 spiro atoms. The molecule has 0 amide bonds. The molecule has 1 nitrogen and oxygen atoms in total. The lowest BCUT2D eigenvalue weighted by Crippen LogP contribution is -1.99. The molecule has 0 aliphatic rings. The van der Waals surface area contributed by atoms with E-state index in [1.165, 1.54) is 16.7 Å². The highest BCUT2D eigenvalue weighted by Gasteiger charge is 2.08. The normalized spacial score (nSPS) is 14.5. The van der Waals surface area contributed by atoms with E-state index in [9.17, 15) is 0 Å². The van der Waals surface area contributed by atoms with Crippen LogP contribution in [0.5, 0.6) is 0 Å². The summed E-state index contributed by atoms with van der Waals surface area (Å²) < 4.78 is 0. The van der Waals surface area contributed by atoms with Crippen molar-refractivity contribution in [1.82, 2.24) is 0 Å². The molecule has 0 saturated carbocycles. The zero-order valence-corrected chi connectivity index (χ0v) is 9.99. The van der Waals surface area contributed by atoms with Crippen LogP contribution in [0.3, 0.4) is 0 Å². The smallest absolute Gasteiger partial charge is 0.0277 e. The Kier molecular flexibility index (Phi) is 4.29. The first kappa shape index (κ1) is 11.7. The standard InChI is InChI=1S/C14H19N/c1-5-13(10-15-4)12(3)14-8-6-7-11(2)9-14/h5-10,12H,1-4H3/b13-5+,15-10?. The lowest BCUT2D eigenvalue weighted by molar-refractivity contribution is 0.933. The quantitative estimate of drug-likeness (QED) is 0.660. The highest BCUT2D eigenvalue weighted by atomic mass is 14.6. The number of benzene rings is 1. The van der Waals surface area contributed by atoms with Crippen molar-refractivity contribution in [3.8, 4) is 0 Å². The molecule has 0 saturated heterocycles. The SMILES string of the molecule is C/C=C(\C=NC)C(C)c1cccc(C)c1. The summed E-state index contributed by atoms with van der Waals surface area (Å²) in [6.07, 6.45) is 4.06. The van der Waals surface area contributed by atoms with Gasteiger partial charge in [-0.05, 0) is 25.0 Å². The number of aryl methyl sites for hydroxylation is 1. The van der Waals surface area contributed by atoms with Crippen molar-refractivity contribution in [2.45, 2.75) is 26.7 Å². The lowest BCUT2D eigenvalue weighted by atomic mass is 9.92. The maximum Gasteiger partial charge on any atom is 0.0277 e. The van der Waals surface area contributed by atoms with Gasteiger partial charge in [0, 0.05) is 19.2 Å². The molecule has 1 aromatic rings. The molecule has 1 atom stereocenters. The third kappa shape index (κ3) is 3.05. The Morgan fingerprint density at radius 3 is 2.67 bits per heavy atom. The second-order valence-electron chi connectivity index (χ2n) is 3.81. The van der Waals surface area contributed by atoms with Gasteiger partial charge in [-0.15, -0.1) is 0 Å². The maximum absolute atomic E-state index is 4.08. The van der Waals surface area contributed by atoms with Crippen molar-refractivity contribution in [1.29, 1.82) is 0 Å². The average molecular weight is 201 g/mol. The predicted octanol–water partition coefficient (Wildman–Crippen LogP) is 3.75. The summed E-state index contributed by atoms with van der Waals surface area (Å²) in [5, 5.41) is 0. The molecule has 0 aromatic heterocycles. The van der Waals surface area contributed by atoms with E-state index in [0.717, 1.165) is 0 Å². The Hall–Kier alpha value is -1.37. The van der Waals surface area contributed by atoms with Gasteiger partial charge >= 0.3 is 0 Å². The van der Waals surface area contributed by atoms with Gasteiger partial charge < -0.3 is 0 Å². The molecular formula is C14H19N. The van der Waals surface area contributed by atoms with Crippen LogP contribution < -0.4 is 0 Å². The van der Waals surface area contributed by atoms with Gasteiger partial charge in [-0.1, -0.05) is 42.8 Å². The monoisotopic (exact) mass is 201 g/mol. The Bertz CT molecular complexity index is 375. The fourth-order valence-electron chi connectivity index (χ4n) is 1.72. The molecule has 0 aliphatic carbocycles. The molecule has 0 bridgehead atoms. The summed E-state index contributed by atoms with van der Waals surface area (Å²) >= 11 is 0. The number of allylic oxidation sites excluding steroid dienone is 2. The van der Waals surface area contributed by atoms with E-state index < -0.39 is 0 Å². The maximum atomic E-state index is 4.08. The molecule has 80 valence electrons. The van der Waals surface area contributed by atoms with E-state index in [4.69, 9.17) is 0 Å². The van der Waals surface area contributed by atoms with Crippen molar-refractivity contribution in [2.75, 3.05) is 7.05 Å². The molecule has 0 N–H and O–H groups in total.